The van der Waals surface area contributed by atoms with Gasteiger partial charge in [-0.25, -0.2) is 4.98 Å². The minimum absolute atomic E-state index is 0.00836. The Labute approximate surface area is 180 Å². The molecule has 0 saturated heterocycles. The molecule has 0 spiro atoms. The van der Waals surface area contributed by atoms with E-state index in [0.717, 1.165) is 51.4 Å². The molecule has 5 nitrogen and oxygen atoms in total. The van der Waals surface area contributed by atoms with Crippen LogP contribution in [0.1, 0.15) is 25.1 Å². The standard InChI is InChI=1S/C24H27N3O2S/c1-4-26(5-2)14-15-27-22-19-8-6-7-9-21(19)30-23(22)25-20(24(27)28)16-17-10-12-18(29-3)13-11-17/h6-13H,4-5,14-16H2,1-3H3. The summed E-state index contributed by atoms with van der Waals surface area (Å²) in [5.74, 6) is 0.809. The van der Waals surface area contributed by atoms with Crippen LogP contribution in [0.4, 0.5) is 0 Å². The number of thiophene rings is 1. The Morgan fingerprint density at radius 3 is 2.50 bits per heavy atom. The molecule has 0 atom stereocenters. The average molecular weight is 422 g/mol. The molecule has 0 aliphatic heterocycles. The van der Waals surface area contributed by atoms with E-state index < -0.39 is 0 Å². The molecule has 30 heavy (non-hydrogen) atoms. The van der Waals surface area contributed by atoms with Crippen LogP contribution in [0, 0.1) is 0 Å². The lowest BCUT2D eigenvalue weighted by Crippen LogP contribution is -2.32. The molecule has 2 heterocycles. The Hall–Kier alpha value is -2.70. The second-order valence-corrected chi connectivity index (χ2v) is 8.35. The fourth-order valence-corrected chi connectivity index (χ4v) is 4.93. The first-order valence-electron chi connectivity index (χ1n) is 10.4. The fraction of sp³-hybridized carbons (Fsp3) is 0.333. The highest BCUT2D eigenvalue weighted by Crippen LogP contribution is 2.32. The zero-order valence-corrected chi connectivity index (χ0v) is 18.5. The number of ether oxygens (including phenoxy) is 1. The average Bonchev–Trinajstić information content (AvgIpc) is 3.15. The SMILES string of the molecule is CCN(CC)CCn1c(=O)c(Cc2ccc(OC)cc2)nc2sc3ccccc3c21. The zero-order chi connectivity index (χ0) is 21.1. The molecule has 0 N–H and O–H groups in total. The molecular formula is C24H27N3O2S. The molecular weight excluding hydrogens is 394 g/mol. The maximum absolute atomic E-state index is 13.5. The van der Waals surface area contributed by atoms with Gasteiger partial charge < -0.3 is 14.2 Å². The van der Waals surface area contributed by atoms with Crippen molar-refractivity contribution in [3.8, 4) is 5.75 Å². The lowest BCUT2D eigenvalue weighted by molar-refractivity contribution is 0.290. The summed E-state index contributed by atoms with van der Waals surface area (Å²) in [6.07, 6.45) is 0.512. The van der Waals surface area contributed by atoms with Crippen molar-refractivity contribution in [1.82, 2.24) is 14.5 Å². The molecule has 0 unspecified atom stereocenters. The smallest absolute Gasteiger partial charge is 0.273 e. The molecule has 2 aromatic carbocycles. The minimum atomic E-state index is 0.00836. The van der Waals surface area contributed by atoms with Crippen molar-refractivity contribution >= 4 is 31.8 Å². The highest BCUT2D eigenvalue weighted by Gasteiger charge is 2.17. The van der Waals surface area contributed by atoms with Gasteiger partial charge in [0.05, 0.1) is 12.6 Å². The van der Waals surface area contributed by atoms with Gasteiger partial charge in [-0.1, -0.05) is 44.2 Å². The van der Waals surface area contributed by atoms with E-state index in [1.54, 1.807) is 18.4 Å². The molecule has 156 valence electrons. The van der Waals surface area contributed by atoms with E-state index >= 15 is 0 Å². The van der Waals surface area contributed by atoms with Crippen molar-refractivity contribution in [2.45, 2.75) is 26.8 Å². The van der Waals surface area contributed by atoms with Crippen molar-refractivity contribution < 1.29 is 4.74 Å². The number of aromatic nitrogens is 2. The third-order valence-corrected chi connectivity index (χ3v) is 6.67. The first kappa shape index (κ1) is 20.6. The van der Waals surface area contributed by atoms with Crippen molar-refractivity contribution in [3.63, 3.8) is 0 Å². The summed E-state index contributed by atoms with van der Waals surface area (Å²) in [5, 5.41) is 1.11. The Kier molecular flexibility index (Phi) is 6.16. The summed E-state index contributed by atoms with van der Waals surface area (Å²) in [7, 11) is 1.65. The van der Waals surface area contributed by atoms with Crippen LogP contribution in [0.5, 0.6) is 5.75 Å². The number of likely N-dealkylation sites (N-methyl/N-ethyl adjacent to an activating group) is 1. The summed E-state index contributed by atoms with van der Waals surface area (Å²) >= 11 is 1.66. The molecule has 0 amide bonds. The Balaban J connectivity index is 1.81. The molecule has 0 bridgehead atoms. The second kappa shape index (κ2) is 8.98. The van der Waals surface area contributed by atoms with Crippen molar-refractivity contribution in [1.29, 1.82) is 0 Å². The van der Waals surface area contributed by atoms with E-state index in [0.29, 0.717) is 18.7 Å². The van der Waals surface area contributed by atoms with Gasteiger partial charge in [-0.3, -0.25) is 4.79 Å². The number of rotatable bonds is 8. The molecule has 4 aromatic rings. The number of hydrogen-bond acceptors (Lipinski definition) is 5. The van der Waals surface area contributed by atoms with Gasteiger partial charge in [0.15, 0.2) is 0 Å². The van der Waals surface area contributed by atoms with Crippen LogP contribution in [0.25, 0.3) is 20.4 Å². The summed E-state index contributed by atoms with van der Waals surface area (Å²) < 4.78 is 8.35. The number of hydrogen-bond donors (Lipinski definition) is 0. The van der Waals surface area contributed by atoms with E-state index in [9.17, 15) is 4.79 Å². The molecule has 0 aliphatic carbocycles. The lowest BCUT2D eigenvalue weighted by atomic mass is 10.1. The number of methoxy groups -OCH3 is 1. The third kappa shape index (κ3) is 3.98. The van der Waals surface area contributed by atoms with Gasteiger partial charge in [-0.15, -0.1) is 11.3 Å². The summed E-state index contributed by atoms with van der Waals surface area (Å²) in [6, 6.07) is 16.1. The Bertz CT molecular complexity index is 1210. The largest absolute Gasteiger partial charge is 0.497 e. The number of nitrogens with zero attached hydrogens (tertiary/aromatic N) is 3. The van der Waals surface area contributed by atoms with E-state index in [1.807, 2.05) is 41.0 Å². The van der Waals surface area contributed by atoms with Gasteiger partial charge in [0.25, 0.3) is 5.56 Å². The summed E-state index contributed by atoms with van der Waals surface area (Å²) in [5.41, 5.74) is 2.62. The Morgan fingerprint density at radius 2 is 1.80 bits per heavy atom. The topological polar surface area (TPSA) is 47.4 Å². The molecule has 0 saturated carbocycles. The lowest BCUT2D eigenvalue weighted by Gasteiger charge is -2.19. The van der Waals surface area contributed by atoms with Crippen LogP contribution < -0.4 is 10.3 Å². The van der Waals surface area contributed by atoms with Crippen molar-refractivity contribution in [2.24, 2.45) is 0 Å². The molecule has 2 aromatic heterocycles. The first-order chi connectivity index (χ1) is 14.6. The van der Waals surface area contributed by atoms with Gasteiger partial charge in [0.1, 0.15) is 16.3 Å². The van der Waals surface area contributed by atoms with Crippen LogP contribution in [0.15, 0.2) is 53.3 Å². The summed E-state index contributed by atoms with van der Waals surface area (Å²) in [4.78, 5) is 21.6. The van der Waals surface area contributed by atoms with Crippen LogP contribution in [0.2, 0.25) is 0 Å². The van der Waals surface area contributed by atoms with Crippen LogP contribution in [0.3, 0.4) is 0 Å². The summed E-state index contributed by atoms with van der Waals surface area (Å²) in [6.45, 7) is 7.77. The van der Waals surface area contributed by atoms with Crippen molar-refractivity contribution in [3.05, 3.63) is 70.1 Å². The number of fused-ring (bicyclic) bond motifs is 3. The van der Waals surface area contributed by atoms with Crippen molar-refractivity contribution in [2.75, 3.05) is 26.7 Å². The van der Waals surface area contributed by atoms with Gasteiger partial charge in [-0.05, 0) is 36.9 Å². The normalized spacial score (nSPS) is 11.6. The molecule has 0 fully saturated rings. The maximum Gasteiger partial charge on any atom is 0.273 e. The molecule has 6 heteroatoms. The highest BCUT2D eigenvalue weighted by atomic mass is 32.1. The van der Waals surface area contributed by atoms with Gasteiger partial charge in [0, 0.05) is 29.6 Å². The maximum atomic E-state index is 13.5. The van der Waals surface area contributed by atoms with Crippen LogP contribution in [-0.2, 0) is 13.0 Å². The van der Waals surface area contributed by atoms with E-state index in [2.05, 4.69) is 30.9 Å². The predicted octanol–water partition coefficient (Wildman–Crippen LogP) is 4.55. The van der Waals surface area contributed by atoms with Gasteiger partial charge >= 0.3 is 0 Å². The Morgan fingerprint density at radius 1 is 1.07 bits per heavy atom. The third-order valence-electron chi connectivity index (χ3n) is 5.61. The molecule has 0 radical (unpaired) electrons. The predicted molar refractivity (Wildman–Crippen MR) is 125 cm³/mol. The molecule has 0 aliphatic rings. The van der Waals surface area contributed by atoms with Gasteiger partial charge in [-0.2, -0.15) is 0 Å². The monoisotopic (exact) mass is 421 g/mol. The molecule has 4 rings (SSSR count). The van der Waals surface area contributed by atoms with Crippen LogP contribution >= 0.6 is 11.3 Å². The highest BCUT2D eigenvalue weighted by molar-refractivity contribution is 7.25. The zero-order valence-electron chi connectivity index (χ0n) is 17.7. The van der Waals surface area contributed by atoms with Crippen LogP contribution in [-0.4, -0.2) is 41.2 Å². The van der Waals surface area contributed by atoms with E-state index in [4.69, 9.17) is 9.72 Å². The van der Waals surface area contributed by atoms with Gasteiger partial charge in [0.2, 0.25) is 0 Å². The fourth-order valence-electron chi connectivity index (χ4n) is 3.83. The quantitative estimate of drug-likeness (QED) is 0.419. The number of benzene rings is 2. The minimum Gasteiger partial charge on any atom is -0.497 e. The van der Waals surface area contributed by atoms with E-state index in [1.165, 1.54) is 0 Å². The first-order valence-corrected chi connectivity index (χ1v) is 11.2. The second-order valence-electron chi connectivity index (χ2n) is 7.32. The van der Waals surface area contributed by atoms with E-state index in [-0.39, 0.29) is 5.56 Å².